The number of halogens is 2. The molecule has 0 aliphatic heterocycles. The first kappa shape index (κ1) is 12.7. The Morgan fingerprint density at radius 2 is 1.71 bits per heavy atom. The molecule has 1 aromatic carbocycles. The van der Waals surface area contributed by atoms with Gasteiger partial charge in [-0.2, -0.15) is 0 Å². The molecule has 0 saturated heterocycles. The van der Waals surface area contributed by atoms with Crippen molar-refractivity contribution in [3.63, 3.8) is 0 Å². The second kappa shape index (κ2) is 4.65. The van der Waals surface area contributed by atoms with Crippen LogP contribution < -0.4 is 0 Å². The molecule has 0 saturated carbocycles. The lowest BCUT2D eigenvalue weighted by molar-refractivity contribution is 0.600. The maximum atomic E-state index is 11.8. The summed E-state index contributed by atoms with van der Waals surface area (Å²) in [5.41, 5.74) is 2.13. The molecule has 0 amide bonds. The van der Waals surface area contributed by atoms with Crippen molar-refractivity contribution in [3.8, 4) is 0 Å². The molecule has 0 N–H and O–H groups in total. The molecule has 14 heavy (non-hydrogen) atoms. The van der Waals surface area contributed by atoms with Gasteiger partial charge in [0.25, 0.3) is 0 Å². The summed E-state index contributed by atoms with van der Waals surface area (Å²) in [7, 11) is -3.14. The van der Waals surface area contributed by atoms with Crippen LogP contribution in [0.4, 0.5) is 0 Å². The van der Waals surface area contributed by atoms with Crippen LogP contribution >= 0.6 is 45.2 Å². The van der Waals surface area contributed by atoms with Crippen LogP contribution in [0.1, 0.15) is 11.1 Å². The fourth-order valence-electron chi connectivity index (χ4n) is 0.994. The minimum absolute atomic E-state index is 0.411. The van der Waals surface area contributed by atoms with Gasteiger partial charge in [-0.1, -0.05) is 51.2 Å². The zero-order valence-electron chi connectivity index (χ0n) is 7.79. The zero-order chi connectivity index (χ0) is 10.9. The molecule has 1 aromatic rings. The molecule has 5 heteroatoms. The fourth-order valence-corrected chi connectivity index (χ4v) is 3.56. The van der Waals surface area contributed by atoms with E-state index in [1.165, 1.54) is 0 Å². The van der Waals surface area contributed by atoms with Crippen LogP contribution in [0, 0.1) is 13.8 Å². The van der Waals surface area contributed by atoms with Gasteiger partial charge in [-0.05, 0) is 37.1 Å². The van der Waals surface area contributed by atoms with E-state index in [1.807, 2.05) is 65.1 Å². The van der Waals surface area contributed by atoms with Gasteiger partial charge in [0, 0.05) is 0 Å². The molecule has 2 nitrogen and oxygen atoms in total. The molecule has 0 bridgehead atoms. The maximum Gasteiger partial charge on any atom is 0.199 e. The number of hydrogen-bond donors (Lipinski definition) is 0. The van der Waals surface area contributed by atoms with Crippen molar-refractivity contribution in [2.45, 2.75) is 20.0 Å². The molecule has 0 atom stereocenters. The lowest BCUT2D eigenvalue weighted by atomic mass is 10.1. The van der Waals surface area contributed by atoms with E-state index in [4.69, 9.17) is 0 Å². The van der Waals surface area contributed by atoms with Crippen molar-refractivity contribution in [2.24, 2.45) is 0 Å². The number of aryl methyl sites for hydroxylation is 2. The Morgan fingerprint density at radius 3 is 2.14 bits per heavy atom. The molecule has 78 valence electrons. The van der Waals surface area contributed by atoms with Crippen LogP contribution in [0.3, 0.4) is 0 Å². The van der Waals surface area contributed by atoms with E-state index >= 15 is 0 Å². The number of hydrogen-bond acceptors (Lipinski definition) is 2. The third-order valence-electron chi connectivity index (χ3n) is 2.04. The summed E-state index contributed by atoms with van der Waals surface area (Å²) in [6, 6.07) is 5.24. The molecule has 0 aromatic heterocycles. The van der Waals surface area contributed by atoms with Crippen LogP contribution in [0.2, 0.25) is 0 Å². The molecule has 0 fully saturated rings. The van der Waals surface area contributed by atoms with Gasteiger partial charge in [0.15, 0.2) is 11.1 Å². The summed E-state index contributed by atoms with van der Waals surface area (Å²) in [5, 5.41) is 0. The van der Waals surface area contributed by atoms with Gasteiger partial charge in [0.1, 0.15) is 0 Å². The Labute approximate surface area is 112 Å². The summed E-state index contributed by atoms with van der Waals surface area (Å²) in [6.07, 6.45) is 0. The predicted octanol–water partition coefficient (Wildman–Crippen LogP) is 3.23. The number of alkyl halides is 2. The average molecular weight is 436 g/mol. The Kier molecular flexibility index (Phi) is 4.22. The van der Waals surface area contributed by atoms with Crippen molar-refractivity contribution in [1.29, 1.82) is 0 Å². The summed E-state index contributed by atoms with van der Waals surface area (Å²) >= 11 is 3.82. The van der Waals surface area contributed by atoms with Gasteiger partial charge in [-0.25, -0.2) is 8.42 Å². The highest BCUT2D eigenvalue weighted by atomic mass is 127. The zero-order valence-corrected chi connectivity index (χ0v) is 12.9. The maximum absolute atomic E-state index is 11.8. The van der Waals surface area contributed by atoms with Crippen molar-refractivity contribution >= 4 is 55.0 Å². The van der Waals surface area contributed by atoms with E-state index in [0.717, 1.165) is 11.1 Å². The van der Waals surface area contributed by atoms with E-state index in [1.54, 1.807) is 12.1 Å². The third-order valence-corrected chi connectivity index (χ3v) is 7.44. The quantitative estimate of drug-likeness (QED) is 0.528. The lowest BCUT2D eigenvalue weighted by Gasteiger charge is -2.07. The number of benzene rings is 1. The van der Waals surface area contributed by atoms with E-state index in [-0.39, 0.29) is 0 Å². The summed E-state index contributed by atoms with van der Waals surface area (Å²) < 4.78 is 23.1. The average Bonchev–Trinajstić information content (AvgIpc) is 2.09. The van der Waals surface area contributed by atoms with Crippen LogP contribution in [-0.2, 0) is 9.84 Å². The summed E-state index contributed by atoms with van der Waals surface area (Å²) in [6.45, 7) is 3.89. The van der Waals surface area contributed by atoms with Gasteiger partial charge in [-0.15, -0.1) is 0 Å². The first-order valence-electron chi connectivity index (χ1n) is 3.95. The Morgan fingerprint density at radius 1 is 1.14 bits per heavy atom. The van der Waals surface area contributed by atoms with Crippen LogP contribution in [0.5, 0.6) is 0 Å². The van der Waals surface area contributed by atoms with Crippen molar-refractivity contribution in [3.05, 3.63) is 29.3 Å². The fraction of sp³-hybridized carbons (Fsp3) is 0.333. The SMILES string of the molecule is Cc1ccc(S(=O)(=O)C(I)I)cc1C. The Hall–Kier alpha value is 0.630. The van der Waals surface area contributed by atoms with Gasteiger partial charge >= 0.3 is 0 Å². The van der Waals surface area contributed by atoms with Crippen molar-refractivity contribution in [2.75, 3.05) is 0 Å². The Balaban J connectivity index is 3.29. The molecule has 0 heterocycles. The molecule has 0 aliphatic rings. The predicted molar refractivity (Wildman–Crippen MR) is 74.9 cm³/mol. The molecular weight excluding hydrogens is 426 g/mol. The van der Waals surface area contributed by atoms with Gasteiger partial charge in [0.2, 0.25) is 0 Å². The Bertz CT molecular complexity index is 438. The van der Waals surface area contributed by atoms with E-state index in [9.17, 15) is 8.42 Å². The molecular formula is C9H10I2O2S. The van der Waals surface area contributed by atoms with Crippen LogP contribution in [0.15, 0.2) is 23.1 Å². The molecule has 0 radical (unpaired) electrons. The van der Waals surface area contributed by atoms with E-state index in [2.05, 4.69) is 0 Å². The standard InChI is InChI=1S/C9H10I2O2S/c1-6-3-4-8(5-7(6)2)14(12,13)9(10)11/h3-5,9H,1-2H3. The highest BCUT2D eigenvalue weighted by Crippen LogP contribution is 2.26. The minimum atomic E-state index is -3.14. The highest BCUT2D eigenvalue weighted by molar-refractivity contribution is 14.2. The smallest absolute Gasteiger partial charge is 0.199 e. The first-order valence-corrected chi connectivity index (χ1v) is 7.99. The summed E-state index contributed by atoms with van der Waals surface area (Å²) in [5.74, 6) is 0. The number of rotatable bonds is 2. The number of sulfone groups is 1. The van der Waals surface area contributed by atoms with Crippen LogP contribution in [-0.4, -0.2) is 9.68 Å². The second-order valence-electron chi connectivity index (χ2n) is 3.05. The third kappa shape index (κ3) is 2.60. The minimum Gasteiger partial charge on any atom is -0.222 e. The van der Waals surface area contributed by atoms with Gasteiger partial charge < -0.3 is 0 Å². The summed E-state index contributed by atoms with van der Waals surface area (Å²) in [4.78, 5) is 0.411. The van der Waals surface area contributed by atoms with Gasteiger partial charge in [-0.3, -0.25) is 0 Å². The molecule has 1 rings (SSSR count). The molecule has 0 spiro atoms. The highest BCUT2D eigenvalue weighted by Gasteiger charge is 2.21. The second-order valence-corrected chi connectivity index (χ2v) is 11.6. The normalized spacial score (nSPS) is 12.1. The van der Waals surface area contributed by atoms with Crippen LogP contribution in [0.25, 0.3) is 0 Å². The lowest BCUT2D eigenvalue weighted by Crippen LogP contribution is -2.08. The van der Waals surface area contributed by atoms with Gasteiger partial charge in [0.05, 0.1) is 4.90 Å². The topological polar surface area (TPSA) is 34.1 Å². The molecule has 0 aliphatic carbocycles. The molecule has 0 unspecified atom stereocenters. The first-order chi connectivity index (χ1) is 6.35. The van der Waals surface area contributed by atoms with Crippen molar-refractivity contribution in [1.82, 2.24) is 0 Å². The monoisotopic (exact) mass is 436 g/mol. The van der Waals surface area contributed by atoms with E-state index in [0.29, 0.717) is 4.90 Å². The van der Waals surface area contributed by atoms with Crippen molar-refractivity contribution < 1.29 is 8.42 Å². The largest absolute Gasteiger partial charge is 0.222 e. The van der Waals surface area contributed by atoms with E-state index < -0.39 is 11.1 Å².